The van der Waals surface area contributed by atoms with Gasteiger partial charge in [0.2, 0.25) is 0 Å². The molecule has 0 saturated carbocycles. The van der Waals surface area contributed by atoms with Crippen LogP contribution in [0, 0.1) is 0 Å². The van der Waals surface area contributed by atoms with Gasteiger partial charge in [-0.3, -0.25) is 0 Å². The Morgan fingerprint density at radius 3 is 2.11 bits per heavy atom. The van der Waals surface area contributed by atoms with Crippen molar-refractivity contribution < 1.29 is 24.5 Å². The topological polar surface area (TPSA) is 102 Å². The SMILES string of the molecule is CC1(N)C=CC2=C(C=C1)C1(OC2=O)c2ccc(O)cc2Oc2cc(O)ccc21. The van der Waals surface area contributed by atoms with Crippen LogP contribution in [-0.4, -0.2) is 21.7 Å². The molecule has 1 unspecified atom stereocenters. The van der Waals surface area contributed by atoms with Gasteiger partial charge in [0.1, 0.15) is 23.0 Å². The van der Waals surface area contributed by atoms with Crippen molar-refractivity contribution in [2.75, 3.05) is 0 Å². The fraction of sp³-hybridized carbons (Fsp3) is 0.136. The van der Waals surface area contributed by atoms with Gasteiger partial charge in [0, 0.05) is 28.8 Å². The molecule has 6 heteroatoms. The molecule has 6 nitrogen and oxygen atoms in total. The maximum absolute atomic E-state index is 12.9. The fourth-order valence-corrected chi connectivity index (χ4v) is 3.93. The lowest BCUT2D eigenvalue weighted by Crippen LogP contribution is -2.34. The van der Waals surface area contributed by atoms with E-state index in [1.165, 1.54) is 24.3 Å². The van der Waals surface area contributed by atoms with Gasteiger partial charge in [-0.2, -0.15) is 0 Å². The smallest absolute Gasteiger partial charge is 0.340 e. The van der Waals surface area contributed by atoms with Crippen LogP contribution in [0.3, 0.4) is 0 Å². The van der Waals surface area contributed by atoms with E-state index in [9.17, 15) is 15.0 Å². The third-order valence-electron chi connectivity index (χ3n) is 5.26. The molecule has 2 heterocycles. The molecule has 4 N–H and O–H groups in total. The van der Waals surface area contributed by atoms with Gasteiger partial charge >= 0.3 is 5.97 Å². The molecule has 1 aliphatic carbocycles. The molecular formula is C22H17NO5. The zero-order chi connectivity index (χ0) is 19.7. The Hall–Kier alpha value is -3.51. The number of aromatic hydroxyl groups is 2. The van der Waals surface area contributed by atoms with E-state index in [4.69, 9.17) is 15.2 Å². The Bertz CT molecular complexity index is 1090. The molecule has 0 radical (unpaired) electrons. The highest BCUT2D eigenvalue weighted by atomic mass is 16.6. The molecule has 0 fully saturated rings. The van der Waals surface area contributed by atoms with E-state index in [2.05, 4.69) is 0 Å². The number of benzene rings is 2. The maximum Gasteiger partial charge on any atom is 0.340 e. The van der Waals surface area contributed by atoms with Gasteiger partial charge in [0.05, 0.1) is 11.1 Å². The van der Waals surface area contributed by atoms with Gasteiger partial charge in [-0.1, -0.05) is 18.2 Å². The summed E-state index contributed by atoms with van der Waals surface area (Å²) in [5.74, 6) is 0.242. The van der Waals surface area contributed by atoms with Gasteiger partial charge in [0.25, 0.3) is 0 Å². The summed E-state index contributed by atoms with van der Waals surface area (Å²) in [6, 6.07) is 9.30. The molecule has 1 atom stereocenters. The van der Waals surface area contributed by atoms with E-state index >= 15 is 0 Å². The number of ether oxygens (including phenoxy) is 2. The van der Waals surface area contributed by atoms with Crippen LogP contribution in [0.5, 0.6) is 23.0 Å². The monoisotopic (exact) mass is 375 g/mol. The predicted molar refractivity (Wildman–Crippen MR) is 101 cm³/mol. The van der Waals surface area contributed by atoms with Crippen LogP contribution in [0.2, 0.25) is 0 Å². The van der Waals surface area contributed by atoms with E-state index in [-0.39, 0.29) is 11.5 Å². The highest BCUT2D eigenvalue weighted by Gasteiger charge is 2.54. The normalized spacial score (nSPS) is 23.6. The number of phenolic OH excluding ortho intramolecular Hbond substituents is 2. The second-order valence-electron chi connectivity index (χ2n) is 7.39. The predicted octanol–water partition coefficient (Wildman–Crippen LogP) is 3.14. The van der Waals surface area contributed by atoms with Crippen LogP contribution < -0.4 is 10.5 Å². The number of carbonyl (C=O) groups is 1. The Kier molecular flexibility index (Phi) is 3.13. The summed E-state index contributed by atoms with van der Waals surface area (Å²) >= 11 is 0. The van der Waals surface area contributed by atoms with Crippen molar-refractivity contribution in [3.63, 3.8) is 0 Å². The van der Waals surface area contributed by atoms with Gasteiger partial charge in [-0.05, 0) is 37.3 Å². The minimum Gasteiger partial charge on any atom is -0.508 e. The number of fused-ring (bicyclic) bond motifs is 5. The van der Waals surface area contributed by atoms with Crippen molar-refractivity contribution in [3.05, 3.63) is 83.0 Å². The molecule has 140 valence electrons. The third kappa shape index (κ3) is 2.15. The van der Waals surface area contributed by atoms with Crippen molar-refractivity contribution in [1.82, 2.24) is 0 Å². The first kappa shape index (κ1) is 16.6. The molecule has 28 heavy (non-hydrogen) atoms. The number of phenols is 2. The molecule has 2 aromatic rings. The largest absolute Gasteiger partial charge is 0.508 e. The first-order chi connectivity index (χ1) is 13.3. The summed E-state index contributed by atoms with van der Waals surface area (Å²) in [5.41, 5.74) is 6.45. The van der Waals surface area contributed by atoms with E-state index in [1.54, 1.807) is 30.4 Å². The number of esters is 1. The van der Waals surface area contributed by atoms with E-state index in [0.717, 1.165) is 0 Å². The molecule has 0 saturated heterocycles. The Labute approximate surface area is 160 Å². The van der Waals surface area contributed by atoms with Crippen LogP contribution in [-0.2, 0) is 15.1 Å². The number of hydrogen-bond donors (Lipinski definition) is 3. The van der Waals surface area contributed by atoms with Crippen LogP contribution >= 0.6 is 0 Å². The Morgan fingerprint density at radius 1 is 0.929 bits per heavy atom. The van der Waals surface area contributed by atoms with Crippen LogP contribution in [0.25, 0.3) is 0 Å². The molecule has 1 spiro atoms. The van der Waals surface area contributed by atoms with Crippen molar-refractivity contribution in [2.24, 2.45) is 5.73 Å². The number of rotatable bonds is 0. The standard InChI is InChI=1S/C22H17NO5/c1-21(23)8-6-14-15(7-9-21)22(28-20(14)26)16-4-2-12(24)10-18(16)27-19-11-13(25)3-5-17(19)22/h2-11,24-25H,23H2,1H3. The van der Waals surface area contributed by atoms with Gasteiger partial charge in [-0.25, -0.2) is 4.79 Å². The average Bonchev–Trinajstić information content (AvgIpc) is 2.78. The molecule has 0 aromatic heterocycles. The number of carbonyl (C=O) groups excluding carboxylic acids is 1. The lowest BCUT2D eigenvalue weighted by atomic mass is 9.77. The fourth-order valence-electron chi connectivity index (χ4n) is 3.93. The van der Waals surface area contributed by atoms with Crippen molar-refractivity contribution in [3.8, 4) is 23.0 Å². The highest BCUT2D eigenvalue weighted by Crippen LogP contribution is 2.57. The minimum absolute atomic E-state index is 0.0156. The Morgan fingerprint density at radius 2 is 1.50 bits per heavy atom. The number of hydrogen-bond acceptors (Lipinski definition) is 6. The lowest BCUT2D eigenvalue weighted by molar-refractivity contribution is -0.144. The number of nitrogens with two attached hydrogens (primary N) is 1. The summed E-state index contributed by atoms with van der Waals surface area (Å²) in [6.45, 7) is 1.84. The second kappa shape index (κ2) is 5.27. The van der Waals surface area contributed by atoms with E-state index in [1.807, 2.05) is 13.0 Å². The van der Waals surface area contributed by atoms with Crippen LogP contribution in [0.1, 0.15) is 18.1 Å². The summed E-state index contributed by atoms with van der Waals surface area (Å²) in [6.07, 6.45) is 7.05. The van der Waals surface area contributed by atoms with Crippen LogP contribution in [0.15, 0.2) is 71.8 Å². The summed E-state index contributed by atoms with van der Waals surface area (Å²) in [4.78, 5) is 12.9. The molecule has 5 rings (SSSR count). The zero-order valence-corrected chi connectivity index (χ0v) is 15.0. The van der Waals surface area contributed by atoms with Gasteiger partial charge < -0.3 is 25.4 Å². The second-order valence-corrected chi connectivity index (χ2v) is 7.39. The van der Waals surface area contributed by atoms with E-state index < -0.39 is 17.1 Å². The van der Waals surface area contributed by atoms with E-state index in [0.29, 0.717) is 33.8 Å². The summed E-state index contributed by atoms with van der Waals surface area (Å²) in [7, 11) is 0. The first-order valence-corrected chi connectivity index (χ1v) is 8.80. The maximum atomic E-state index is 12.9. The van der Waals surface area contributed by atoms with Crippen LogP contribution in [0.4, 0.5) is 0 Å². The molecule has 3 aliphatic rings. The Balaban J connectivity index is 1.86. The highest BCUT2D eigenvalue weighted by molar-refractivity contribution is 5.98. The quantitative estimate of drug-likeness (QED) is 0.612. The minimum atomic E-state index is -1.27. The van der Waals surface area contributed by atoms with Gasteiger partial charge in [0.15, 0.2) is 5.60 Å². The van der Waals surface area contributed by atoms with Gasteiger partial charge in [-0.15, -0.1) is 0 Å². The molecule has 0 amide bonds. The summed E-state index contributed by atoms with van der Waals surface area (Å²) in [5, 5.41) is 19.9. The van der Waals surface area contributed by atoms with Crippen molar-refractivity contribution in [2.45, 2.75) is 18.1 Å². The van der Waals surface area contributed by atoms with Crippen molar-refractivity contribution >= 4 is 5.97 Å². The zero-order valence-electron chi connectivity index (χ0n) is 15.0. The molecule has 0 bridgehead atoms. The summed E-state index contributed by atoms with van der Waals surface area (Å²) < 4.78 is 11.9. The average molecular weight is 375 g/mol. The van der Waals surface area contributed by atoms with Crippen molar-refractivity contribution in [1.29, 1.82) is 0 Å². The lowest BCUT2D eigenvalue weighted by Gasteiger charge is -2.37. The molecular weight excluding hydrogens is 358 g/mol. The third-order valence-corrected chi connectivity index (χ3v) is 5.26. The molecule has 2 aromatic carbocycles. The first-order valence-electron chi connectivity index (χ1n) is 8.80. The molecule has 2 aliphatic heterocycles.